The molecule has 8 aromatic carbocycles. The molecule has 0 unspecified atom stereocenters. The summed E-state index contributed by atoms with van der Waals surface area (Å²) in [4.78, 5) is 2.38. The van der Waals surface area contributed by atoms with Crippen LogP contribution in [0.1, 0.15) is 0 Å². The fraction of sp³-hybridized carbons (Fsp3) is 0. The number of benzene rings is 8. The molecule has 0 bridgehead atoms. The number of rotatable bonds is 6. The maximum Gasteiger partial charge on any atom is 0.0467 e. The minimum absolute atomic E-state index is 1.11. The molecule has 0 fully saturated rings. The van der Waals surface area contributed by atoms with E-state index in [0.29, 0.717) is 0 Å². The van der Waals surface area contributed by atoms with Crippen molar-refractivity contribution in [3.63, 3.8) is 0 Å². The maximum absolute atomic E-state index is 2.38. The minimum Gasteiger partial charge on any atom is -0.310 e. The molecule has 0 aliphatic heterocycles. The van der Waals surface area contributed by atoms with Gasteiger partial charge in [0.15, 0.2) is 0 Å². The van der Waals surface area contributed by atoms with Crippen LogP contribution in [0.4, 0.5) is 17.1 Å². The lowest BCUT2D eigenvalue weighted by Crippen LogP contribution is -2.10. The Balaban J connectivity index is 1.19. The number of anilines is 3. The molecule has 0 amide bonds. The Kier molecular flexibility index (Phi) is 7.07. The summed E-state index contributed by atoms with van der Waals surface area (Å²) in [6.45, 7) is 0. The van der Waals surface area contributed by atoms with Crippen molar-refractivity contribution in [2.24, 2.45) is 0 Å². The van der Waals surface area contributed by atoms with Gasteiger partial charge in [-0.1, -0.05) is 140 Å². The van der Waals surface area contributed by atoms with Gasteiger partial charge in [-0.05, 0) is 92.7 Å². The van der Waals surface area contributed by atoms with Crippen molar-refractivity contribution in [1.29, 1.82) is 0 Å². The Morgan fingerprint density at radius 3 is 1.75 bits per heavy atom. The van der Waals surface area contributed by atoms with E-state index >= 15 is 0 Å². The summed E-state index contributed by atoms with van der Waals surface area (Å²) < 4.78 is 2.65. The van der Waals surface area contributed by atoms with E-state index in [-0.39, 0.29) is 0 Å². The zero-order valence-corrected chi connectivity index (χ0v) is 27.1. The molecule has 0 aliphatic rings. The lowest BCUT2D eigenvalue weighted by atomic mass is 9.97. The molecule has 0 saturated carbocycles. The summed E-state index contributed by atoms with van der Waals surface area (Å²) in [5, 5.41) is 5.16. The smallest absolute Gasteiger partial charge is 0.0467 e. The van der Waals surface area contributed by atoms with Gasteiger partial charge in [0, 0.05) is 37.2 Å². The molecule has 1 aromatic heterocycles. The lowest BCUT2D eigenvalue weighted by Gasteiger charge is -2.27. The minimum atomic E-state index is 1.11. The van der Waals surface area contributed by atoms with Crippen LogP contribution < -0.4 is 4.90 Å². The van der Waals surface area contributed by atoms with Crippen LogP contribution in [-0.4, -0.2) is 0 Å². The first-order valence-electron chi connectivity index (χ1n) is 16.3. The largest absolute Gasteiger partial charge is 0.310 e. The van der Waals surface area contributed by atoms with Crippen LogP contribution in [0.5, 0.6) is 0 Å². The Morgan fingerprint density at radius 2 is 0.917 bits per heavy atom. The van der Waals surface area contributed by atoms with E-state index in [4.69, 9.17) is 0 Å². The van der Waals surface area contributed by atoms with E-state index < -0.39 is 0 Å². The highest BCUT2D eigenvalue weighted by atomic mass is 32.1. The molecule has 1 nitrogen and oxygen atoms in total. The molecule has 0 aliphatic carbocycles. The van der Waals surface area contributed by atoms with Gasteiger partial charge in [0.1, 0.15) is 0 Å². The average molecular weight is 630 g/mol. The van der Waals surface area contributed by atoms with Crippen LogP contribution in [0, 0.1) is 0 Å². The lowest BCUT2D eigenvalue weighted by molar-refractivity contribution is 1.28. The third-order valence-corrected chi connectivity index (χ3v) is 10.4. The first-order chi connectivity index (χ1) is 23.8. The van der Waals surface area contributed by atoms with Crippen molar-refractivity contribution in [3.05, 3.63) is 188 Å². The zero-order valence-electron chi connectivity index (χ0n) is 26.3. The van der Waals surface area contributed by atoms with Crippen molar-refractivity contribution in [2.75, 3.05) is 4.90 Å². The third kappa shape index (κ3) is 5.04. The maximum atomic E-state index is 2.38. The van der Waals surface area contributed by atoms with Crippen molar-refractivity contribution in [1.82, 2.24) is 0 Å². The molecule has 48 heavy (non-hydrogen) atoms. The van der Waals surface area contributed by atoms with Gasteiger partial charge in [-0.3, -0.25) is 0 Å². The molecule has 0 atom stereocenters. The van der Waals surface area contributed by atoms with Gasteiger partial charge < -0.3 is 4.90 Å². The second-order valence-corrected chi connectivity index (χ2v) is 13.2. The standard InChI is InChI=1S/C46H31NS/c1-2-12-32(13-3-1)35-16-8-18-38(30-35)47(39-19-9-17-36(31-39)41-22-10-15-33-14-4-5-20-40(33)41)37-28-26-34(27-29-37)42-23-11-25-45-46(42)43-21-6-7-24-44(43)48-45/h1-31H. The number of hydrogen-bond acceptors (Lipinski definition) is 2. The van der Waals surface area contributed by atoms with Gasteiger partial charge in [-0.2, -0.15) is 0 Å². The van der Waals surface area contributed by atoms with Crippen LogP contribution in [-0.2, 0) is 0 Å². The van der Waals surface area contributed by atoms with E-state index in [1.165, 1.54) is 64.3 Å². The molecule has 0 radical (unpaired) electrons. The van der Waals surface area contributed by atoms with Crippen molar-refractivity contribution in [2.45, 2.75) is 0 Å². The zero-order chi connectivity index (χ0) is 31.9. The fourth-order valence-corrected chi connectivity index (χ4v) is 8.13. The van der Waals surface area contributed by atoms with Crippen LogP contribution in [0.25, 0.3) is 64.3 Å². The first-order valence-corrected chi connectivity index (χ1v) is 17.2. The molecule has 0 saturated heterocycles. The second-order valence-electron chi connectivity index (χ2n) is 12.2. The second kappa shape index (κ2) is 12.0. The summed E-state index contributed by atoms with van der Waals surface area (Å²) in [6, 6.07) is 68.1. The highest BCUT2D eigenvalue weighted by molar-refractivity contribution is 7.25. The van der Waals surface area contributed by atoms with E-state index in [0.717, 1.165) is 17.1 Å². The fourth-order valence-electron chi connectivity index (χ4n) is 7.00. The molecule has 9 aromatic rings. The quantitative estimate of drug-likeness (QED) is 0.177. The van der Waals surface area contributed by atoms with Crippen LogP contribution in [0.2, 0.25) is 0 Å². The number of fused-ring (bicyclic) bond motifs is 4. The molecule has 0 N–H and O–H groups in total. The predicted octanol–water partition coefficient (Wildman–Crippen LogP) is 13.7. The Morgan fingerprint density at radius 1 is 0.333 bits per heavy atom. The monoisotopic (exact) mass is 629 g/mol. The van der Waals surface area contributed by atoms with Gasteiger partial charge in [-0.15, -0.1) is 11.3 Å². The van der Waals surface area contributed by atoms with Crippen LogP contribution >= 0.6 is 11.3 Å². The highest BCUT2D eigenvalue weighted by Gasteiger charge is 2.17. The highest BCUT2D eigenvalue weighted by Crippen LogP contribution is 2.42. The molecule has 0 spiro atoms. The molecule has 9 rings (SSSR count). The SMILES string of the molecule is c1ccc(-c2cccc(N(c3ccc(-c4cccc5sc6ccccc6c45)cc3)c3cccc(-c4cccc5ccccc45)c3)c2)cc1. The topological polar surface area (TPSA) is 3.24 Å². The number of hydrogen-bond donors (Lipinski definition) is 0. The van der Waals surface area contributed by atoms with Gasteiger partial charge >= 0.3 is 0 Å². The van der Waals surface area contributed by atoms with E-state index in [1.807, 2.05) is 11.3 Å². The van der Waals surface area contributed by atoms with Gasteiger partial charge in [0.2, 0.25) is 0 Å². The van der Waals surface area contributed by atoms with Crippen molar-refractivity contribution >= 4 is 59.3 Å². The summed E-state index contributed by atoms with van der Waals surface area (Å²) in [5.74, 6) is 0. The van der Waals surface area contributed by atoms with Crippen LogP contribution in [0.15, 0.2) is 188 Å². The van der Waals surface area contributed by atoms with E-state index in [1.54, 1.807) is 0 Å². The van der Waals surface area contributed by atoms with Crippen molar-refractivity contribution < 1.29 is 0 Å². The summed E-state index contributed by atoms with van der Waals surface area (Å²) in [7, 11) is 0. The normalized spacial score (nSPS) is 11.3. The predicted molar refractivity (Wildman–Crippen MR) is 208 cm³/mol. The Hall–Kier alpha value is -5.96. The third-order valence-electron chi connectivity index (χ3n) is 9.26. The van der Waals surface area contributed by atoms with Crippen LogP contribution in [0.3, 0.4) is 0 Å². The van der Waals surface area contributed by atoms with Gasteiger partial charge in [0.25, 0.3) is 0 Å². The van der Waals surface area contributed by atoms with Crippen molar-refractivity contribution in [3.8, 4) is 33.4 Å². The molecule has 2 heteroatoms. The molecule has 1 heterocycles. The number of nitrogens with zero attached hydrogens (tertiary/aromatic N) is 1. The molecule has 226 valence electrons. The Bertz CT molecular complexity index is 2560. The summed E-state index contributed by atoms with van der Waals surface area (Å²) in [6.07, 6.45) is 0. The molecular formula is C46H31NS. The van der Waals surface area contributed by atoms with Gasteiger partial charge in [0.05, 0.1) is 0 Å². The average Bonchev–Trinajstić information content (AvgIpc) is 3.55. The first kappa shape index (κ1) is 28.3. The van der Waals surface area contributed by atoms with E-state index in [9.17, 15) is 0 Å². The number of thiophene rings is 1. The summed E-state index contributed by atoms with van der Waals surface area (Å²) in [5.41, 5.74) is 10.7. The Labute approximate surface area is 284 Å². The van der Waals surface area contributed by atoms with Gasteiger partial charge in [-0.25, -0.2) is 0 Å². The van der Waals surface area contributed by atoms with E-state index in [2.05, 4.69) is 193 Å². The molecular weight excluding hydrogens is 599 g/mol. The summed E-state index contributed by atoms with van der Waals surface area (Å²) >= 11 is 1.86.